The molecule has 0 saturated carbocycles. The van der Waals surface area contributed by atoms with Crippen molar-refractivity contribution >= 4 is 11.7 Å². The van der Waals surface area contributed by atoms with Crippen molar-refractivity contribution in [3.05, 3.63) is 84.6 Å². The van der Waals surface area contributed by atoms with Crippen LogP contribution in [0.5, 0.6) is 0 Å². The van der Waals surface area contributed by atoms with Crippen molar-refractivity contribution in [3.8, 4) is 0 Å². The van der Waals surface area contributed by atoms with E-state index in [9.17, 15) is 9.18 Å². The minimum absolute atomic E-state index is 0.147. The molecule has 0 saturated heterocycles. The molecule has 1 atom stereocenters. The third kappa shape index (κ3) is 3.83. The van der Waals surface area contributed by atoms with Gasteiger partial charge in [-0.3, -0.25) is 4.79 Å². The number of carbonyl (C=O) groups excluding carboxylic acids is 1. The van der Waals surface area contributed by atoms with Crippen molar-refractivity contribution in [2.45, 2.75) is 12.5 Å². The van der Waals surface area contributed by atoms with Gasteiger partial charge in [-0.25, -0.2) is 9.37 Å². The summed E-state index contributed by atoms with van der Waals surface area (Å²) < 4.78 is 15.1. The van der Waals surface area contributed by atoms with E-state index in [4.69, 9.17) is 0 Å². The van der Waals surface area contributed by atoms with Gasteiger partial charge < -0.3 is 9.88 Å². The second kappa shape index (κ2) is 6.87. The smallest absolute Gasteiger partial charge is 0.227 e. The third-order valence-electron chi connectivity index (χ3n) is 3.55. The molecule has 4 nitrogen and oxygen atoms in total. The van der Waals surface area contributed by atoms with Crippen LogP contribution in [0.4, 0.5) is 10.2 Å². The number of benzene rings is 1. The number of halogens is 1. The molecular formula is C18H16FN3O. The van der Waals surface area contributed by atoms with Crippen LogP contribution in [0.15, 0.2) is 73.2 Å². The summed E-state index contributed by atoms with van der Waals surface area (Å²) in [7, 11) is 0. The van der Waals surface area contributed by atoms with Gasteiger partial charge in [0.1, 0.15) is 11.6 Å². The van der Waals surface area contributed by atoms with Crippen LogP contribution in [0, 0.1) is 5.82 Å². The maximum absolute atomic E-state index is 13.1. The van der Waals surface area contributed by atoms with Crippen molar-refractivity contribution in [2.75, 3.05) is 5.32 Å². The van der Waals surface area contributed by atoms with Crippen LogP contribution in [-0.4, -0.2) is 15.5 Å². The molecule has 0 unspecified atom stereocenters. The van der Waals surface area contributed by atoms with Crippen LogP contribution in [0.25, 0.3) is 0 Å². The second-order valence-corrected chi connectivity index (χ2v) is 5.16. The molecular weight excluding hydrogens is 293 g/mol. The maximum atomic E-state index is 13.1. The van der Waals surface area contributed by atoms with Gasteiger partial charge in [0.25, 0.3) is 0 Å². The van der Waals surface area contributed by atoms with Gasteiger partial charge in [0.15, 0.2) is 0 Å². The highest BCUT2D eigenvalue weighted by atomic mass is 19.1. The first kappa shape index (κ1) is 15.0. The number of aromatic nitrogens is 2. The number of hydrogen-bond donors (Lipinski definition) is 1. The standard InChI is InChI=1S/C18H16FN3O/c19-15-8-6-14(7-9-15)16(22-11-3-4-12-22)13-18(23)21-17-5-1-2-10-20-17/h1-12,16H,13H2,(H,20,21,23)/t16-/m0/s1. The number of rotatable bonds is 5. The van der Waals surface area contributed by atoms with Crippen molar-refractivity contribution in [1.82, 2.24) is 9.55 Å². The number of nitrogens with one attached hydrogen (secondary N) is 1. The summed E-state index contributed by atoms with van der Waals surface area (Å²) in [5, 5.41) is 2.78. The van der Waals surface area contributed by atoms with Crippen molar-refractivity contribution in [1.29, 1.82) is 0 Å². The first-order chi connectivity index (χ1) is 11.2. The molecule has 0 bridgehead atoms. The lowest BCUT2D eigenvalue weighted by Crippen LogP contribution is -2.20. The maximum Gasteiger partial charge on any atom is 0.227 e. The predicted molar refractivity (Wildman–Crippen MR) is 86.5 cm³/mol. The number of anilines is 1. The van der Waals surface area contributed by atoms with Crippen LogP contribution in [0.2, 0.25) is 0 Å². The predicted octanol–water partition coefficient (Wildman–Crippen LogP) is 3.64. The molecule has 0 spiro atoms. The Bertz CT molecular complexity index is 755. The molecule has 0 aliphatic rings. The quantitative estimate of drug-likeness (QED) is 0.782. The fourth-order valence-electron chi connectivity index (χ4n) is 2.44. The van der Waals surface area contributed by atoms with E-state index >= 15 is 0 Å². The monoisotopic (exact) mass is 309 g/mol. The molecule has 0 aliphatic carbocycles. The summed E-state index contributed by atoms with van der Waals surface area (Å²) in [6.45, 7) is 0. The summed E-state index contributed by atoms with van der Waals surface area (Å²) in [5.41, 5.74) is 0.874. The number of carbonyl (C=O) groups is 1. The summed E-state index contributed by atoms with van der Waals surface area (Å²) in [6.07, 6.45) is 5.64. The molecule has 23 heavy (non-hydrogen) atoms. The molecule has 3 rings (SSSR count). The third-order valence-corrected chi connectivity index (χ3v) is 3.55. The number of hydrogen-bond acceptors (Lipinski definition) is 2. The molecule has 2 aromatic heterocycles. The Morgan fingerprint density at radius 3 is 2.48 bits per heavy atom. The summed E-state index contributed by atoms with van der Waals surface area (Å²) in [4.78, 5) is 16.4. The van der Waals surface area contributed by atoms with E-state index in [-0.39, 0.29) is 24.2 Å². The van der Waals surface area contributed by atoms with E-state index in [1.54, 1.807) is 30.5 Å². The lowest BCUT2D eigenvalue weighted by Gasteiger charge is -2.19. The Hall–Kier alpha value is -2.95. The Morgan fingerprint density at radius 2 is 1.83 bits per heavy atom. The fraction of sp³-hybridized carbons (Fsp3) is 0.111. The summed E-state index contributed by atoms with van der Waals surface area (Å²) in [6, 6.07) is 15.1. The number of nitrogens with zero attached hydrogens (tertiary/aromatic N) is 2. The van der Waals surface area contributed by atoms with Crippen LogP contribution >= 0.6 is 0 Å². The van der Waals surface area contributed by atoms with E-state index < -0.39 is 0 Å². The van der Waals surface area contributed by atoms with Crippen LogP contribution in [0.1, 0.15) is 18.0 Å². The first-order valence-corrected chi connectivity index (χ1v) is 7.31. The Kier molecular flexibility index (Phi) is 4.47. The van der Waals surface area contributed by atoms with E-state index in [1.165, 1.54) is 12.1 Å². The molecule has 0 radical (unpaired) electrons. The fourth-order valence-corrected chi connectivity index (χ4v) is 2.44. The minimum atomic E-state index is -0.294. The normalized spacial score (nSPS) is 11.9. The highest BCUT2D eigenvalue weighted by Crippen LogP contribution is 2.23. The SMILES string of the molecule is O=C(C[C@@H](c1ccc(F)cc1)n1cccc1)Nc1ccccn1. The zero-order chi connectivity index (χ0) is 16.1. The zero-order valence-electron chi connectivity index (χ0n) is 12.4. The average molecular weight is 309 g/mol. The Labute approximate surface area is 133 Å². The average Bonchev–Trinajstić information content (AvgIpc) is 3.09. The van der Waals surface area contributed by atoms with Gasteiger partial charge in [-0.1, -0.05) is 18.2 Å². The number of amides is 1. The topological polar surface area (TPSA) is 46.9 Å². The largest absolute Gasteiger partial charge is 0.346 e. The molecule has 1 N–H and O–H groups in total. The van der Waals surface area contributed by atoms with Crippen molar-refractivity contribution in [2.24, 2.45) is 0 Å². The summed E-state index contributed by atoms with van der Waals surface area (Å²) >= 11 is 0. The molecule has 1 aromatic carbocycles. The van der Waals surface area contributed by atoms with Gasteiger partial charge in [0.05, 0.1) is 12.5 Å². The Morgan fingerprint density at radius 1 is 1.09 bits per heavy atom. The van der Waals surface area contributed by atoms with Gasteiger partial charge in [0, 0.05) is 18.6 Å². The molecule has 0 fully saturated rings. The van der Waals surface area contributed by atoms with Gasteiger partial charge in [-0.2, -0.15) is 0 Å². The van der Waals surface area contributed by atoms with Gasteiger partial charge in [0.2, 0.25) is 5.91 Å². The lowest BCUT2D eigenvalue weighted by atomic mass is 10.0. The Balaban J connectivity index is 1.79. The van der Waals surface area contributed by atoms with Crippen LogP contribution in [-0.2, 0) is 4.79 Å². The van der Waals surface area contributed by atoms with Crippen LogP contribution < -0.4 is 5.32 Å². The molecule has 0 aliphatic heterocycles. The van der Waals surface area contributed by atoms with E-state index in [0.29, 0.717) is 5.82 Å². The summed E-state index contributed by atoms with van der Waals surface area (Å²) in [5.74, 6) is 0.0764. The van der Waals surface area contributed by atoms with Crippen LogP contribution in [0.3, 0.4) is 0 Å². The highest BCUT2D eigenvalue weighted by Gasteiger charge is 2.17. The minimum Gasteiger partial charge on any atom is -0.346 e. The zero-order valence-corrected chi connectivity index (χ0v) is 12.4. The number of pyridine rings is 1. The lowest BCUT2D eigenvalue weighted by molar-refractivity contribution is -0.116. The van der Waals surface area contributed by atoms with E-state index in [1.807, 2.05) is 35.2 Å². The second-order valence-electron chi connectivity index (χ2n) is 5.16. The van der Waals surface area contributed by atoms with Gasteiger partial charge in [-0.05, 0) is 42.0 Å². The van der Waals surface area contributed by atoms with Crippen molar-refractivity contribution in [3.63, 3.8) is 0 Å². The first-order valence-electron chi connectivity index (χ1n) is 7.31. The van der Waals surface area contributed by atoms with Crippen molar-refractivity contribution < 1.29 is 9.18 Å². The molecule has 2 heterocycles. The molecule has 5 heteroatoms. The van der Waals surface area contributed by atoms with E-state index in [2.05, 4.69) is 10.3 Å². The van der Waals surface area contributed by atoms with Gasteiger partial charge >= 0.3 is 0 Å². The van der Waals surface area contributed by atoms with Gasteiger partial charge in [-0.15, -0.1) is 0 Å². The highest BCUT2D eigenvalue weighted by molar-refractivity contribution is 5.90. The van der Waals surface area contributed by atoms with E-state index in [0.717, 1.165) is 5.56 Å². The molecule has 1 amide bonds. The molecule has 116 valence electrons. The molecule has 3 aromatic rings.